The van der Waals surface area contributed by atoms with E-state index < -0.39 is 36.2 Å². The van der Waals surface area contributed by atoms with Gasteiger partial charge < -0.3 is 29.0 Å². The van der Waals surface area contributed by atoms with Crippen molar-refractivity contribution in [3.05, 3.63) is 54.1 Å². The van der Waals surface area contributed by atoms with Crippen molar-refractivity contribution >= 4 is 24.1 Å². The number of hydrogen-bond acceptors (Lipinski definition) is 10. The van der Waals surface area contributed by atoms with Crippen LogP contribution in [0.1, 0.15) is 53.0 Å². The summed E-state index contributed by atoms with van der Waals surface area (Å²) in [5.41, 5.74) is 0.621. The quantitative estimate of drug-likeness (QED) is 0.195. The van der Waals surface area contributed by atoms with Gasteiger partial charge in [-0.2, -0.15) is 0 Å². The fourth-order valence-electron chi connectivity index (χ4n) is 3.33. The van der Waals surface area contributed by atoms with Crippen molar-refractivity contribution in [2.45, 2.75) is 66.0 Å². The summed E-state index contributed by atoms with van der Waals surface area (Å²) in [5, 5.41) is 3.04. The van der Waals surface area contributed by atoms with Crippen LogP contribution in [0.25, 0.3) is 0 Å². The Morgan fingerprint density at radius 1 is 0.775 bits per heavy atom. The van der Waals surface area contributed by atoms with Crippen LogP contribution in [-0.2, 0) is 30.3 Å². The summed E-state index contributed by atoms with van der Waals surface area (Å²) in [4.78, 5) is 49.6. The van der Waals surface area contributed by atoms with Gasteiger partial charge in [0.25, 0.3) is 0 Å². The number of carbonyl (C=O) groups is 4. The van der Waals surface area contributed by atoms with E-state index >= 15 is 0 Å². The van der Waals surface area contributed by atoms with Crippen LogP contribution in [0.4, 0.5) is 4.79 Å². The van der Waals surface area contributed by atoms with E-state index in [1.807, 2.05) is 13.8 Å². The zero-order chi connectivity index (χ0) is 29.7. The Balaban J connectivity index is 2.14. The van der Waals surface area contributed by atoms with Gasteiger partial charge in [0.2, 0.25) is 0 Å². The van der Waals surface area contributed by atoms with Crippen LogP contribution in [0.5, 0.6) is 17.2 Å². The van der Waals surface area contributed by atoms with Crippen molar-refractivity contribution in [1.82, 2.24) is 5.32 Å². The van der Waals surface area contributed by atoms with Crippen LogP contribution in [0.3, 0.4) is 0 Å². The van der Waals surface area contributed by atoms with Crippen LogP contribution in [0.15, 0.2) is 48.5 Å². The topological polar surface area (TPSA) is 126 Å². The maximum atomic E-state index is 12.5. The number of esters is 3. The molecule has 0 bridgehead atoms. The molecule has 0 amide bonds. The van der Waals surface area contributed by atoms with Crippen molar-refractivity contribution in [3.63, 3.8) is 0 Å². The molecule has 2 rings (SSSR count). The molecule has 2 aromatic carbocycles. The number of ether oxygens (including phenoxy) is 5. The molecule has 4 atom stereocenters. The number of hydrogen-bond donors (Lipinski definition) is 1. The summed E-state index contributed by atoms with van der Waals surface area (Å²) in [6.45, 7) is 9.01. The van der Waals surface area contributed by atoms with E-state index in [1.54, 1.807) is 63.2 Å². The second-order valence-corrected chi connectivity index (χ2v) is 9.52. The third-order valence-corrected chi connectivity index (χ3v) is 6.28. The summed E-state index contributed by atoms with van der Waals surface area (Å²) < 4.78 is 26.4. The van der Waals surface area contributed by atoms with Crippen molar-refractivity contribution in [2.75, 3.05) is 13.7 Å². The van der Waals surface area contributed by atoms with Gasteiger partial charge in [-0.1, -0.05) is 52.0 Å². The molecule has 1 N–H and O–H groups in total. The predicted octanol–water partition coefficient (Wildman–Crippen LogP) is 4.87. The molecule has 218 valence electrons. The lowest BCUT2D eigenvalue weighted by molar-refractivity contribution is -0.143. The highest BCUT2D eigenvalue weighted by Gasteiger charge is 2.24. The average Bonchev–Trinajstić information content (AvgIpc) is 2.95. The first kappa shape index (κ1) is 32.3. The maximum absolute atomic E-state index is 12.5. The Hall–Kier alpha value is -3.92. The normalized spacial score (nSPS) is 13.8. The highest BCUT2D eigenvalue weighted by atomic mass is 16.7. The molecule has 3 unspecified atom stereocenters. The third kappa shape index (κ3) is 10.3. The number of nitrogens with one attached hydrogen (secondary N) is 1. The van der Waals surface area contributed by atoms with E-state index in [9.17, 15) is 19.2 Å². The van der Waals surface area contributed by atoms with Crippen molar-refractivity contribution in [2.24, 2.45) is 11.8 Å². The molecule has 0 heterocycles. The molecule has 0 saturated carbocycles. The van der Waals surface area contributed by atoms with E-state index in [0.29, 0.717) is 24.2 Å². The van der Waals surface area contributed by atoms with Crippen LogP contribution in [-0.4, -0.2) is 49.9 Å². The highest BCUT2D eigenvalue weighted by Crippen LogP contribution is 2.31. The molecule has 0 aromatic heterocycles. The summed E-state index contributed by atoms with van der Waals surface area (Å²) in [6, 6.07) is 12.5. The molecular formula is C30H39NO9. The molecule has 0 aliphatic rings. The Labute approximate surface area is 235 Å². The minimum absolute atomic E-state index is 0.0865. The molecule has 40 heavy (non-hydrogen) atoms. The Kier molecular flexibility index (Phi) is 13.1. The van der Waals surface area contributed by atoms with Gasteiger partial charge in [-0.05, 0) is 56.0 Å². The molecule has 0 radical (unpaired) electrons. The lowest BCUT2D eigenvalue weighted by Gasteiger charge is -2.20. The lowest BCUT2D eigenvalue weighted by atomic mass is 10.0. The largest absolute Gasteiger partial charge is 0.514 e. The monoisotopic (exact) mass is 557 g/mol. The van der Waals surface area contributed by atoms with Crippen molar-refractivity contribution < 1.29 is 42.9 Å². The fraction of sp³-hybridized carbons (Fsp3) is 0.467. The van der Waals surface area contributed by atoms with Gasteiger partial charge in [0.05, 0.1) is 18.9 Å². The SMILES string of the molecule is CCC(C)C(=O)Oc1ccc(C[C@H](NCC(C)OC(=O)Oc2ccccc2)C(=O)OC)cc1OC(=O)C(C)CC. The molecule has 0 saturated heterocycles. The molecule has 0 aliphatic carbocycles. The van der Waals surface area contributed by atoms with E-state index in [0.717, 1.165) is 0 Å². The number of rotatable bonds is 14. The number of carbonyl (C=O) groups excluding carboxylic acids is 4. The summed E-state index contributed by atoms with van der Waals surface area (Å²) in [5.74, 6) is -1.58. The van der Waals surface area contributed by atoms with Gasteiger partial charge in [-0.15, -0.1) is 0 Å². The summed E-state index contributed by atoms with van der Waals surface area (Å²) in [7, 11) is 1.27. The first-order valence-electron chi connectivity index (χ1n) is 13.4. The van der Waals surface area contributed by atoms with Crippen LogP contribution in [0, 0.1) is 11.8 Å². The van der Waals surface area contributed by atoms with Crippen LogP contribution < -0.4 is 19.5 Å². The van der Waals surface area contributed by atoms with Gasteiger partial charge in [0.1, 0.15) is 17.9 Å². The van der Waals surface area contributed by atoms with Crippen LogP contribution >= 0.6 is 0 Å². The molecule has 0 aliphatic heterocycles. The first-order chi connectivity index (χ1) is 19.1. The molecule has 0 spiro atoms. The van der Waals surface area contributed by atoms with E-state index in [4.69, 9.17) is 23.7 Å². The van der Waals surface area contributed by atoms with E-state index in [2.05, 4.69) is 5.32 Å². The van der Waals surface area contributed by atoms with Gasteiger partial charge in [-0.25, -0.2) is 4.79 Å². The summed E-state index contributed by atoms with van der Waals surface area (Å²) in [6.07, 6.45) is -0.171. The van der Waals surface area contributed by atoms with Gasteiger partial charge >= 0.3 is 24.1 Å². The Morgan fingerprint density at radius 3 is 1.95 bits per heavy atom. The molecule has 10 nitrogen and oxygen atoms in total. The Bertz CT molecular complexity index is 1140. The predicted molar refractivity (Wildman–Crippen MR) is 147 cm³/mol. The minimum atomic E-state index is -0.870. The molecule has 2 aromatic rings. The minimum Gasteiger partial charge on any atom is -0.468 e. The van der Waals surface area contributed by atoms with Gasteiger partial charge in [0.15, 0.2) is 11.5 Å². The van der Waals surface area contributed by atoms with Crippen molar-refractivity contribution in [1.29, 1.82) is 0 Å². The van der Waals surface area contributed by atoms with Gasteiger partial charge in [-0.3, -0.25) is 14.4 Å². The molecular weight excluding hydrogens is 518 g/mol. The molecule has 0 fully saturated rings. The maximum Gasteiger partial charge on any atom is 0.514 e. The zero-order valence-electron chi connectivity index (χ0n) is 23.9. The smallest absolute Gasteiger partial charge is 0.468 e. The highest BCUT2D eigenvalue weighted by molar-refractivity contribution is 5.79. The number of para-hydroxylation sites is 1. The average molecular weight is 558 g/mol. The third-order valence-electron chi connectivity index (χ3n) is 6.28. The first-order valence-corrected chi connectivity index (χ1v) is 13.4. The molecule has 10 heteroatoms. The standard InChI is InChI=1S/C30H39NO9/c1-7-19(3)27(32)39-25-15-14-22(17-26(25)40-28(33)20(4)8-2)16-24(29(34)36-6)31-18-21(5)37-30(35)38-23-12-10-9-11-13-23/h9-15,17,19-21,24,31H,7-8,16,18H2,1-6H3/t19?,20?,21?,24-/m0/s1. The second-order valence-electron chi connectivity index (χ2n) is 9.52. The van der Waals surface area contributed by atoms with E-state index in [-0.39, 0.29) is 36.3 Å². The van der Waals surface area contributed by atoms with Crippen LogP contribution in [0.2, 0.25) is 0 Å². The number of benzene rings is 2. The van der Waals surface area contributed by atoms with Crippen molar-refractivity contribution in [3.8, 4) is 17.2 Å². The zero-order valence-corrected chi connectivity index (χ0v) is 23.9. The van der Waals surface area contributed by atoms with Gasteiger partial charge in [0, 0.05) is 6.54 Å². The Morgan fingerprint density at radius 2 is 1.38 bits per heavy atom. The number of methoxy groups -OCH3 is 1. The summed E-state index contributed by atoms with van der Waals surface area (Å²) >= 11 is 0. The fourth-order valence-corrected chi connectivity index (χ4v) is 3.33. The second kappa shape index (κ2) is 16.2. The lowest BCUT2D eigenvalue weighted by Crippen LogP contribution is -2.43. The van der Waals surface area contributed by atoms with E-state index in [1.165, 1.54) is 13.2 Å².